The molecular weight excluding hydrogens is 356 g/mol. The number of fused-ring (bicyclic) bond motifs is 1. The molecule has 0 aliphatic carbocycles. The normalized spacial score (nSPS) is 20.9. The molecule has 1 aliphatic rings. The van der Waals surface area contributed by atoms with E-state index in [-0.39, 0.29) is 11.5 Å². The van der Waals surface area contributed by atoms with E-state index in [2.05, 4.69) is 13.8 Å². The van der Waals surface area contributed by atoms with E-state index in [1.807, 2.05) is 17.0 Å². The molecule has 0 saturated carbocycles. The zero-order valence-electron chi connectivity index (χ0n) is 14.8. The molecule has 134 valence electrons. The summed E-state index contributed by atoms with van der Waals surface area (Å²) in [6.07, 6.45) is 1.18. The van der Waals surface area contributed by atoms with E-state index in [9.17, 15) is 9.59 Å². The first-order valence-corrected chi connectivity index (χ1v) is 9.91. The molecule has 0 N–H and O–H groups in total. The van der Waals surface area contributed by atoms with Crippen molar-refractivity contribution in [2.24, 2.45) is 18.9 Å². The Kier molecular flexibility index (Phi) is 5.44. The summed E-state index contributed by atoms with van der Waals surface area (Å²) < 4.78 is 1.58. The van der Waals surface area contributed by atoms with Crippen LogP contribution in [0.4, 0.5) is 0 Å². The summed E-state index contributed by atoms with van der Waals surface area (Å²) in [6.45, 7) is 6.05. The highest BCUT2D eigenvalue weighted by molar-refractivity contribution is 8.00. The van der Waals surface area contributed by atoms with E-state index >= 15 is 0 Å². The summed E-state index contributed by atoms with van der Waals surface area (Å²) in [7, 11) is 1.73. The van der Waals surface area contributed by atoms with Crippen LogP contribution in [0.5, 0.6) is 0 Å². The zero-order valence-corrected chi connectivity index (χ0v) is 16.4. The lowest BCUT2D eigenvalue weighted by atomic mass is 9.92. The van der Waals surface area contributed by atoms with Crippen molar-refractivity contribution in [2.45, 2.75) is 25.2 Å². The first-order chi connectivity index (χ1) is 11.8. The molecule has 2 aromatic rings. The maximum absolute atomic E-state index is 12.6. The molecule has 2 heterocycles. The molecule has 0 unspecified atom stereocenters. The van der Waals surface area contributed by atoms with Crippen molar-refractivity contribution in [3.8, 4) is 0 Å². The average Bonchev–Trinajstić information content (AvgIpc) is 2.55. The Balaban J connectivity index is 1.80. The van der Waals surface area contributed by atoms with E-state index in [1.54, 1.807) is 23.7 Å². The van der Waals surface area contributed by atoms with Crippen molar-refractivity contribution in [3.63, 3.8) is 0 Å². The summed E-state index contributed by atoms with van der Waals surface area (Å²) in [5.74, 6) is 1.59. The van der Waals surface area contributed by atoms with Crippen LogP contribution in [-0.4, -0.2) is 34.2 Å². The number of halogens is 1. The molecule has 0 spiro atoms. The smallest absolute Gasteiger partial charge is 0.251 e. The van der Waals surface area contributed by atoms with Gasteiger partial charge in [-0.2, -0.15) is 0 Å². The van der Waals surface area contributed by atoms with Crippen LogP contribution >= 0.6 is 23.4 Å². The van der Waals surface area contributed by atoms with Gasteiger partial charge in [-0.15, -0.1) is 11.8 Å². The van der Waals surface area contributed by atoms with E-state index in [1.165, 1.54) is 18.2 Å². The summed E-state index contributed by atoms with van der Waals surface area (Å²) in [4.78, 5) is 27.6. The number of carbonyl (C=O) groups is 1. The fourth-order valence-corrected chi connectivity index (χ4v) is 4.75. The number of hydrogen-bond donors (Lipinski definition) is 0. The van der Waals surface area contributed by atoms with Gasteiger partial charge in [-0.3, -0.25) is 9.59 Å². The van der Waals surface area contributed by atoms with Gasteiger partial charge in [0.1, 0.15) is 0 Å². The van der Waals surface area contributed by atoms with Gasteiger partial charge < -0.3 is 9.47 Å². The lowest BCUT2D eigenvalue weighted by Gasteiger charge is -2.35. The minimum absolute atomic E-state index is 0.0927. The number of thioether (sulfide) groups is 1. The molecular formula is C19H23ClN2O2S. The topological polar surface area (TPSA) is 42.3 Å². The number of piperidine rings is 1. The molecule has 1 saturated heterocycles. The highest BCUT2D eigenvalue weighted by Gasteiger charge is 2.25. The van der Waals surface area contributed by atoms with Gasteiger partial charge in [0.15, 0.2) is 0 Å². The third-order valence-electron chi connectivity index (χ3n) is 4.74. The Hall–Kier alpha value is -1.46. The highest BCUT2D eigenvalue weighted by atomic mass is 35.5. The Morgan fingerprint density at radius 2 is 1.92 bits per heavy atom. The number of pyridine rings is 1. The van der Waals surface area contributed by atoms with Crippen LogP contribution in [0, 0.1) is 11.8 Å². The van der Waals surface area contributed by atoms with Crippen LogP contribution in [0.15, 0.2) is 34.0 Å². The molecule has 1 aromatic carbocycles. The number of benzene rings is 1. The van der Waals surface area contributed by atoms with E-state index in [4.69, 9.17) is 11.6 Å². The largest absolute Gasteiger partial charge is 0.341 e. The fraction of sp³-hybridized carbons (Fsp3) is 0.474. The van der Waals surface area contributed by atoms with Crippen LogP contribution < -0.4 is 5.56 Å². The Labute approximate surface area is 157 Å². The third-order valence-corrected chi connectivity index (χ3v) is 6.02. The van der Waals surface area contributed by atoms with Gasteiger partial charge in [0.2, 0.25) is 5.91 Å². The van der Waals surface area contributed by atoms with Crippen molar-refractivity contribution in [2.75, 3.05) is 18.8 Å². The molecule has 1 fully saturated rings. The predicted molar refractivity (Wildman–Crippen MR) is 104 cm³/mol. The number of likely N-dealkylation sites (tertiary alicyclic amines) is 1. The molecule has 6 heteroatoms. The second-order valence-electron chi connectivity index (χ2n) is 7.10. The average molecular weight is 379 g/mol. The van der Waals surface area contributed by atoms with Crippen molar-refractivity contribution in [1.29, 1.82) is 0 Å². The third kappa shape index (κ3) is 4.04. The monoisotopic (exact) mass is 378 g/mol. The number of amides is 1. The molecule has 2 atom stereocenters. The number of aromatic nitrogens is 1. The lowest BCUT2D eigenvalue weighted by Crippen LogP contribution is -2.43. The standard InChI is InChI=1S/C19H23ClN2O2S/c1-12-6-13(2)10-22(9-12)19(24)11-25-17-8-18(23)21(3)16-7-14(20)4-5-15(16)17/h4-5,7-8,12-13H,6,9-11H2,1-3H3/t12-,13-/m0/s1. The summed E-state index contributed by atoms with van der Waals surface area (Å²) in [5, 5.41) is 1.54. The Morgan fingerprint density at radius 3 is 2.60 bits per heavy atom. The van der Waals surface area contributed by atoms with Crippen molar-refractivity contribution >= 4 is 40.2 Å². The highest BCUT2D eigenvalue weighted by Crippen LogP contribution is 2.29. The van der Waals surface area contributed by atoms with Gasteiger partial charge in [0.05, 0.1) is 11.3 Å². The molecule has 0 bridgehead atoms. The maximum atomic E-state index is 12.6. The second kappa shape index (κ2) is 7.42. The fourth-order valence-electron chi connectivity index (χ4n) is 3.61. The van der Waals surface area contributed by atoms with Crippen molar-refractivity contribution in [3.05, 3.63) is 39.6 Å². The molecule has 1 amide bonds. The zero-order chi connectivity index (χ0) is 18.1. The molecule has 3 rings (SSSR count). The summed E-state index contributed by atoms with van der Waals surface area (Å²) in [5.41, 5.74) is 0.695. The van der Waals surface area contributed by atoms with Gasteiger partial charge >= 0.3 is 0 Å². The lowest BCUT2D eigenvalue weighted by molar-refractivity contribution is -0.130. The number of carbonyl (C=O) groups excluding carboxylic acids is 1. The molecule has 25 heavy (non-hydrogen) atoms. The summed E-state index contributed by atoms with van der Waals surface area (Å²) >= 11 is 7.50. The molecule has 1 aromatic heterocycles. The van der Waals surface area contributed by atoms with Gasteiger partial charge in [0.25, 0.3) is 5.56 Å². The number of nitrogens with zero attached hydrogens (tertiary/aromatic N) is 2. The van der Waals surface area contributed by atoms with E-state index < -0.39 is 0 Å². The van der Waals surface area contributed by atoms with Gasteiger partial charge in [-0.1, -0.05) is 31.5 Å². The van der Waals surface area contributed by atoms with Gasteiger partial charge in [-0.05, 0) is 30.4 Å². The number of rotatable bonds is 3. The van der Waals surface area contributed by atoms with Crippen molar-refractivity contribution < 1.29 is 4.79 Å². The van der Waals surface area contributed by atoms with Crippen LogP contribution in [0.1, 0.15) is 20.3 Å². The second-order valence-corrected chi connectivity index (χ2v) is 8.55. The van der Waals surface area contributed by atoms with Crippen LogP contribution in [0.25, 0.3) is 10.9 Å². The van der Waals surface area contributed by atoms with E-state index in [0.29, 0.717) is 22.6 Å². The molecule has 4 nitrogen and oxygen atoms in total. The predicted octanol–water partition coefficient (Wildman–Crippen LogP) is 3.79. The summed E-state index contributed by atoms with van der Waals surface area (Å²) in [6, 6.07) is 7.12. The quantitative estimate of drug-likeness (QED) is 0.763. The van der Waals surface area contributed by atoms with Crippen LogP contribution in [0.2, 0.25) is 5.02 Å². The maximum Gasteiger partial charge on any atom is 0.251 e. The van der Waals surface area contributed by atoms with Gasteiger partial charge in [0, 0.05) is 41.5 Å². The van der Waals surface area contributed by atoms with Crippen LogP contribution in [0.3, 0.4) is 0 Å². The van der Waals surface area contributed by atoms with Crippen LogP contribution in [-0.2, 0) is 11.8 Å². The molecule has 0 radical (unpaired) electrons. The van der Waals surface area contributed by atoms with E-state index in [0.717, 1.165) is 28.9 Å². The SMILES string of the molecule is C[C@H]1C[C@H](C)CN(C(=O)CSc2cc(=O)n(C)c3cc(Cl)ccc23)C1. The minimum atomic E-state index is -0.0927. The number of hydrogen-bond acceptors (Lipinski definition) is 3. The van der Waals surface area contributed by atoms with Crippen molar-refractivity contribution in [1.82, 2.24) is 9.47 Å². The first kappa shape index (κ1) is 18.3. The van der Waals surface area contributed by atoms with Gasteiger partial charge in [-0.25, -0.2) is 0 Å². The number of aryl methyl sites for hydroxylation is 1. The minimum Gasteiger partial charge on any atom is -0.341 e. The first-order valence-electron chi connectivity index (χ1n) is 8.55. The molecule has 1 aliphatic heterocycles. The Morgan fingerprint density at radius 1 is 1.24 bits per heavy atom. The Bertz CT molecular complexity index is 854.